The fourth-order valence-electron chi connectivity index (χ4n) is 1.80. The summed E-state index contributed by atoms with van der Waals surface area (Å²) in [6.45, 7) is 1.70. The second-order valence-electron chi connectivity index (χ2n) is 4.63. The lowest BCUT2D eigenvalue weighted by molar-refractivity contribution is -0.140. The monoisotopic (exact) mass is 311 g/mol. The highest BCUT2D eigenvalue weighted by Gasteiger charge is 2.34. The van der Waals surface area contributed by atoms with Crippen LogP contribution >= 0.6 is 0 Å². The zero-order chi connectivity index (χ0) is 16.2. The molecule has 0 aliphatic carbocycles. The lowest BCUT2D eigenvalue weighted by Crippen LogP contribution is -2.10. The molecular formula is C16H13F4NO. The highest BCUT2D eigenvalue weighted by Crippen LogP contribution is 2.32. The number of oxime groups is 1. The molecule has 0 bridgehead atoms. The van der Waals surface area contributed by atoms with Gasteiger partial charge in [-0.25, -0.2) is 4.39 Å². The van der Waals surface area contributed by atoms with Crippen molar-refractivity contribution in [2.45, 2.75) is 19.7 Å². The summed E-state index contributed by atoms with van der Waals surface area (Å²) in [6.07, 6.45) is -4.74. The van der Waals surface area contributed by atoms with Crippen LogP contribution in [0.1, 0.15) is 23.6 Å². The number of alkyl halides is 3. The smallest absolute Gasteiger partial charge is 0.391 e. The molecule has 116 valence electrons. The second kappa shape index (κ2) is 6.60. The van der Waals surface area contributed by atoms with Gasteiger partial charge in [-0.15, -0.1) is 0 Å². The van der Waals surface area contributed by atoms with Crippen molar-refractivity contribution in [3.8, 4) is 0 Å². The Morgan fingerprint density at radius 2 is 1.77 bits per heavy atom. The molecule has 0 heterocycles. The van der Waals surface area contributed by atoms with E-state index in [1.807, 2.05) is 30.3 Å². The zero-order valence-electron chi connectivity index (χ0n) is 11.7. The lowest BCUT2D eigenvalue weighted by Gasteiger charge is -2.10. The van der Waals surface area contributed by atoms with E-state index >= 15 is 0 Å². The molecule has 0 amide bonds. The van der Waals surface area contributed by atoms with E-state index in [0.29, 0.717) is 0 Å². The molecule has 0 N–H and O–H groups in total. The second-order valence-corrected chi connectivity index (χ2v) is 4.63. The van der Waals surface area contributed by atoms with Gasteiger partial charge in [0.15, 0.2) is 0 Å². The average molecular weight is 311 g/mol. The van der Waals surface area contributed by atoms with E-state index in [9.17, 15) is 17.6 Å². The predicted molar refractivity (Wildman–Crippen MR) is 74.8 cm³/mol. The summed E-state index contributed by atoms with van der Waals surface area (Å²) in [7, 11) is 0. The minimum Gasteiger partial charge on any atom is -0.391 e. The van der Waals surface area contributed by atoms with Crippen LogP contribution in [-0.4, -0.2) is 5.71 Å². The molecule has 0 aromatic heterocycles. The molecule has 0 fully saturated rings. The summed E-state index contributed by atoms with van der Waals surface area (Å²) in [5.41, 5.74) is -0.0417. The first-order valence-electron chi connectivity index (χ1n) is 6.45. The summed E-state index contributed by atoms with van der Waals surface area (Å²) in [6, 6.07) is 11.9. The Morgan fingerprint density at radius 3 is 2.41 bits per heavy atom. The molecule has 2 aromatic rings. The number of benzene rings is 2. The molecule has 0 unspecified atom stereocenters. The van der Waals surface area contributed by atoms with Crippen LogP contribution in [0.15, 0.2) is 53.7 Å². The molecule has 6 heteroatoms. The summed E-state index contributed by atoms with van der Waals surface area (Å²) < 4.78 is 51.2. The Balaban J connectivity index is 2.12. The van der Waals surface area contributed by atoms with Gasteiger partial charge in [-0.1, -0.05) is 41.6 Å². The number of rotatable bonds is 4. The Morgan fingerprint density at radius 1 is 1.09 bits per heavy atom. The first-order valence-corrected chi connectivity index (χ1v) is 6.45. The van der Waals surface area contributed by atoms with Crippen molar-refractivity contribution in [2.24, 2.45) is 5.16 Å². The van der Waals surface area contributed by atoms with Crippen LogP contribution in [0.3, 0.4) is 0 Å². The largest absolute Gasteiger partial charge is 0.419 e. The van der Waals surface area contributed by atoms with Crippen LogP contribution < -0.4 is 0 Å². The third-order valence-corrected chi connectivity index (χ3v) is 2.97. The van der Waals surface area contributed by atoms with Gasteiger partial charge in [-0.3, -0.25) is 0 Å². The fraction of sp³-hybridized carbons (Fsp3) is 0.188. The van der Waals surface area contributed by atoms with E-state index in [1.54, 1.807) is 0 Å². The minimum atomic E-state index is -4.74. The molecule has 22 heavy (non-hydrogen) atoms. The minimum absolute atomic E-state index is 0.154. The van der Waals surface area contributed by atoms with Crippen molar-refractivity contribution in [1.82, 2.24) is 0 Å². The lowest BCUT2D eigenvalue weighted by atomic mass is 10.1. The van der Waals surface area contributed by atoms with Gasteiger partial charge < -0.3 is 4.84 Å². The van der Waals surface area contributed by atoms with E-state index < -0.39 is 17.6 Å². The normalized spacial score (nSPS) is 12.3. The third kappa shape index (κ3) is 4.07. The van der Waals surface area contributed by atoms with Crippen LogP contribution in [0.5, 0.6) is 0 Å². The van der Waals surface area contributed by atoms with Crippen LogP contribution in [0.25, 0.3) is 0 Å². The standard InChI is InChI=1S/C16H13F4NO/c1-11(21-22-10-12-5-3-2-4-6-12)13-7-8-15(17)14(9-13)16(18,19)20/h2-9H,10H2,1H3. The highest BCUT2D eigenvalue weighted by molar-refractivity contribution is 5.98. The van der Waals surface area contributed by atoms with Crippen LogP contribution in [0.2, 0.25) is 0 Å². The molecule has 2 rings (SSSR count). The van der Waals surface area contributed by atoms with Crippen molar-refractivity contribution in [3.05, 3.63) is 71.0 Å². The summed E-state index contributed by atoms with van der Waals surface area (Å²) >= 11 is 0. The third-order valence-electron chi connectivity index (χ3n) is 2.97. The zero-order valence-corrected chi connectivity index (χ0v) is 11.7. The number of nitrogens with zero attached hydrogens (tertiary/aromatic N) is 1. The van der Waals surface area contributed by atoms with Gasteiger partial charge in [0.1, 0.15) is 12.4 Å². The van der Waals surface area contributed by atoms with Crippen molar-refractivity contribution >= 4 is 5.71 Å². The molecular weight excluding hydrogens is 298 g/mol. The van der Waals surface area contributed by atoms with Gasteiger partial charge >= 0.3 is 6.18 Å². The van der Waals surface area contributed by atoms with Crippen molar-refractivity contribution < 1.29 is 22.4 Å². The first-order chi connectivity index (χ1) is 10.4. The molecule has 0 saturated heterocycles. The molecule has 2 nitrogen and oxygen atoms in total. The van der Waals surface area contributed by atoms with Gasteiger partial charge in [-0.05, 0) is 30.2 Å². The van der Waals surface area contributed by atoms with E-state index in [1.165, 1.54) is 13.0 Å². The van der Waals surface area contributed by atoms with Crippen molar-refractivity contribution in [3.63, 3.8) is 0 Å². The van der Waals surface area contributed by atoms with Gasteiger partial charge in [0, 0.05) is 0 Å². The fourth-order valence-corrected chi connectivity index (χ4v) is 1.80. The maximum absolute atomic E-state index is 13.2. The van der Waals surface area contributed by atoms with E-state index in [-0.39, 0.29) is 17.9 Å². The SMILES string of the molecule is CC(=NOCc1ccccc1)c1ccc(F)c(C(F)(F)F)c1. The maximum Gasteiger partial charge on any atom is 0.419 e. The Hall–Kier alpha value is -2.37. The molecule has 2 aromatic carbocycles. The van der Waals surface area contributed by atoms with Crippen molar-refractivity contribution in [1.29, 1.82) is 0 Å². The number of hydrogen-bond donors (Lipinski definition) is 0. The first kappa shape index (κ1) is 16.0. The summed E-state index contributed by atoms with van der Waals surface area (Å²) in [5.74, 6) is -1.31. The summed E-state index contributed by atoms with van der Waals surface area (Å²) in [4.78, 5) is 5.10. The molecule has 0 aliphatic rings. The number of halogens is 4. The van der Waals surface area contributed by atoms with Gasteiger partial charge in [-0.2, -0.15) is 13.2 Å². The molecule has 0 aliphatic heterocycles. The van der Waals surface area contributed by atoms with Crippen molar-refractivity contribution in [2.75, 3.05) is 0 Å². The predicted octanol–water partition coefficient (Wildman–Crippen LogP) is 4.79. The number of hydrogen-bond acceptors (Lipinski definition) is 2. The molecule has 0 radical (unpaired) electrons. The van der Waals surface area contributed by atoms with Crippen LogP contribution in [0.4, 0.5) is 17.6 Å². The van der Waals surface area contributed by atoms with Gasteiger partial charge in [0.05, 0.1) is 11.3 Å². The average Bonchev–Trinajstić information content (AvgIpc) is 2.47. The Labute approximate surface area is 125 Å². The van der Waals surface area contributed by atoms with Crippen LogP contribution in [-0.2, 0) is 17.6 Å². The highest BCUT2D eigenvalue weighted by atomic mass is 19.4. The Bertz CT molecular complexity index is 666. The maximum atomic E-state index is 13.2. The van der Waals surface area contributed by atoms with E-state index in [0.717, 1.165) is 17.7 Å². The molecule has 0 saturated carbocycles. The van der Waals surface area contributed by atoms with Gasteiger partial charge in [0.25, 0.3) is 0 Å². The molecule has 0 spiro atoms. The van der Waals surface area contributed by atoms with Gasteiger partial charge in [0.2, 0.25) is 0 Å². The quantitative estimate of drug-likeness (QED) is 0.452. The van der Waals surface area contributed by atoms with E-state index in [4.69, 9.17) is 4.84 Å². The Kier molecular flexibility index (Phi) is 4.80. The van der Waals surface area contributed by atoms with E-state index in [2.05, 4.69) is 5.16 Å². The van der Waals surface area contributed by atoms with Crippen LogP contribution in [0, 0.1) is 5.82 Å². The topological polar surface area (TPSA) is 21.6 Å². The summed E-state index contributed by atoms with van der Waals surface area (Å²) in [5, 5.41) is 3.77. The molecule has 0 atom stereocenters.